The van der Waals surface area contributed by atoms with Gasteiger partial charge in [-0.1, -0.05) is 0 Å². The van der Waals surface area contributed by atoms with Gasteiger partial charge < -0.3 is 5.32 Å². The van der Waals surface area contributed by atoms with Crippen LogP contribution in [0.15, 0.2) is 18.6 Å². The average molecular weight is 283 g/mol. The topological polar surface area (TPSA) is 47.7 Å². The molecule has 0 aliphatic rings. The fraction of sp³-hybridized carbons (Fsp3) is 0.538. The van der Waals surface area contributed by atoms with Gasteiger partial charge in [0.15, 0.2) is 0 Å². The Hall–Kier alpha value is -1.92. The maximum absolute atomic E-state index is 12.4. The van der Waals surface area contributed by atoms with Gasteiger partial charge in [0.1, 0.15) is 6.54 Å². The van der Waals surface area contributed by atoms with Crippen LogP contribution in [0.1, 0.15) is 31.1 Å². The van der Waals surface area contributed by atoms with E-state index in [1.54, 1.807) is 19.3 Å². The van der Waals surface area contributed by atoms with Crippen molar-refractivity contribution in [1.29, 1.82) is 0 Å². The van der Waals surface area contributed by atoms with Crippen LogP contribution in [0.5, 0.6) is 0 Å². The molecule has 0 fully saturated rings. The monoisotopic (exact) mass is 283 g/mol. The van der Waals surface area contributed by atoms with Crippen LogP contribution in [0.3, 0.4) is 0 Å². The molecule has 2 aromatic rings. The number of nitrogens with one attached hydrogen (secondary N) is 1. The van der Waals surface area contributed by atoms with Gasteiger partial charge in [-0.15, -0.1) is 0 Å². The van der Waals surface area contributed by atoms with Crippen molar-refractivity contribution in [3.8, 4) is 0 Å². The largest absolute Gasteiger partial charge is 0.378 e. The van der Waals surface area contributed by atoms with Crippen LogP contribution in [-0.2, 0) is 13.1 Å². The van der Waals surface area contributed by atoms with Crippen molar-refractivity contribution in [2.45, 2.75) is 46.3 Å². The van der Waals surface area contributed by atoms with Crippen molar-refractivity contribution in [2.24, 2.45) is 0 Å². The van der Waals surface area contributed by atoms with E-state index in [0.29, 0.717) is 12.6 Å². The van der Waals surface area contributed by atoms with E-state index in [4.69, 9.17) is 0 Å². The Labute approximate surface area is 116 Å². The molecule has 0 atom stereocenters. The smallest absolute Gasteiger partial charge is 0.257 e. The first-order valence-electron chi connectivity index (χ1n) is 6.55. The van der Waals surface area contributed by atoms with Crippen LogP contribution in [0.4, 0.5) is 14.5 Å². The minimum absolute atomic E-state index is 0.307. The SMILES string of the molecule is Cc1c(CNc2cnn(C(C)C)c2)cnn1CC(F)F. The predicted molar refractivity (Wildman–Crippen MR) is 72.9 cm³/mol. The third-order valence-electron chi connectivity index (χ3n) is 3.13. The van der Waals surface area contributed by atoms with E-state index in [2.05, 4.69) is 29.4 Å². The summed E-state index contributed by atoms with van der Waals surface area (Å²) >= 11 is 0. The Bertz CT molecular complexity index is 559. The average Bonchev–Trinajstić information content (AvgIpc) is 2.96. The zero-order valence-electron chi connectivity index (χ0n) is 11.8. The molecule has 110 valence electrons. The quantitative estimate of drug-likeness (QED) is 0.886. The first-order chi connectivity index (χ1) is 9.47. The summed E-state index contributed by atoms with van der Waals surface area (Å²) < 4.78 is 27.9. The molecule has 0 aliphatic carbocycles. The summed E-state index contributed by atoms with van der Waals surface area (Å²) in [6.45, 7) is 6.07. The van der Waals surface area contributed by atoms with Crippen LogP contribution in [0.25, 0.3) is 0 Å². The molecule has 0 saturated heterocycles. The molecule has 0 amide bonds. The molecule has 0 bridgehead atoms. The van der Waals surface area contributed by atoms with E-state index < -0.39 is 6.43 Å². The highest BCUT2D eigenvalue weighted by Gasteiger charge is 2.11. The third-order valence-corrected chi connectivity index (χ3v) is 3.13. The van der Waals surface area contributed by atoms with E-state index in [9.17, 15) is 8.78 Å². The molecule has 2 rings (SSSR count). The van der Waals surface area contributed by atoms with Crippen molar-refractivity contribution < 1.29 is 8.78 Å². The summed E-state index contributed by atoms with van der Waals surface area (Å²) in [5.41, 5.74) is 2.57. The van der Waals surface area contributed by atoms with Gasteiger partial charge in [-0.3, -0.25) is 9.36 Å². The Balaban J connectivity index is 1.98. The molecule has 0 unspecified atom stereocenters. The normalized spacial score (nSPS) is 11.6. The highest BCUT2D eigenvalue weighted by atomic mass is 19.3. The van der Waals surface area contributed by atoms with Crippen LogP contribution in [0, 0.1) is 6.92 Å². The lowest BCUT2D eigenvalue weighted by molar-refractivity contribution is 0.121. The second-order valence-electron chi connectivity index (χ2n) is 4.98. The predicted octanol–water partition coefficient (Wildman–Crippen LogP) is 2.85. The second-order valence-corrected chi connectivity index (χ2v) is 4.98. The zero-order valence-corrected chi connectivity index (χ0v) is 11.8. The number of halogens is 2. The van der Waals surface area contributed by atoms with Crippen molar-refractivity contribution >= 4 is 5.69 Å². The molecule has 2 aromatic heterocycles. The van der Waals surface area contributed by atoms with Crippen molar-refractivity contribution in [3.05, 3.63) is 29.8 Å². The lowest BCUT2D eigenvalue weighted by Crippen LogP contribution is -2.10. The van der Waals surface area contributed by atoms with Gasteiger partial charge >= 0.3 is 0 Å². The van der Waals surface area contributed by atoms with E-state index >= 15 is 0 Å². The molecule has 0 spiro atoms. The molecule has 0 radical (unpaired) electrons. The second kappa shape index (κ2) is 6.02. The summed E-state index contributed by atoms with van der Waals surface area (Å²) in [6.07, 6.45) is 2.90. The number of alkyl halides is 2. The fourth-order valence-corrected chi connectivity index (χ4v) is 1.88. The highest BCUT2D eigenvalue weighted by molar-refractivity contribution is 5.39. The van der Waals surface area contributed by atoms with Gasteiger partial charge in [-0.05, 0) is 20.8 Å². The first-order valence-corrected chi connectivity index (χ1v) is 6.55. The van der Waals surface area contributed by atoms with Crippen LogP contribution < -0.4 is 5.32 Å². The van der Waals surface area contributed by atoms with E-state index in [1.165, 1.54) is 4.68 Å². The number of hydrogen-bond acceptors (Lipinski definition) is 3. The molecule has 0 saturated carbocycles. The highest BCUT2D eigenvalue weighted by Crippen LogP contribution is 2.14. The molecule has 1 N–H and O–H groups in total. The molecule has 5 nitrogen and oxygen atoms in total. The van der Waals surface area contributed by atoms with Gasteiger partial charge in [-0.25, -0.2) is 8.78 Å². The van der Waals surface area contributed by atoms with Crippen LogP contribution >= 0.6 is 0 Å². The van der Waals surface area contributed by atoms with Gasteiger partial charge in [0.05, 0.1) is 18.1 Å². The summed E-state index contributed by atoms with van der Waals surface area (Å²) in [4.78, 5) is 0. The number of nitrogens with zero attached hydrogens (tertiary/aromatic N) is 4. The van der Waals surface area contributed by atoms with E-state index in [1.807, 2.05) is 10.9 Å². The van der Waals surface area contributed by atoms with Gasteiger partial charge in [0.25, 0.3) is 6.43 Å². The lowest BCUT2D eigenvalue weighted by Gasteiger charge is -2.06. The van der Waals surface area contributed by atoms with Gasteiger partial charge in [0.2, 0.25) is 0 Å². The number of rotatable bonds is 6. The Morgan fingerprint density at radius 2 is 2.00 bits per heavy atom. The van der Waals surface area contributed by atoms with Crippen molar-refractivity contribution in [2.75, 3.05) is 5.32 Å². The molecule has 0 aromatic carbocycles. The molecule has 0 aliphatic heterocycles. The maximum atomic E-state index is 12.4. The minimum Gasteiger partial charge on any atom is -0.378 e. The molecule has 7 heteroatoms. The Morgan fingerprint density at radius 3 is 2.60 bits per heavy atom. The Morgan fingerprint density at radius 1 is 1.25 bits per heavy atom. The third kappa shape index (κ3) is 3.34. The van der Waals surface area contributed by atoms with Gasteiger partial charge in [0, 0.05) is 30.0 Å². The number of anilines is 1. The van der Waals surface area contributed by atoms with Crippen LogP contribution in [0.2, 0.25) is 0 Å². The molecule has 2 heterocycles. The van der Waals surface area contributed by atoms with Crippen molar-refractivity contribution in [1.82, 2.24) is 19.6 Å². The van der Waals surface area contributed by atoms with E-state index in [-0.39, 0.29) is 6.54 Å². The minimum atomic E-state index is -2.39. The first kappa shape index (κ1) is 14.5. The summed E-state index contributed by atoms with van der Waals surface area (Å²) in [6, 6.07) is 0.307. The lowest BCUT2D eigenvalue weighted by atomic mass is 10.2. The van der Waals surface area contributed by atoms with Crippen molar-refractivity contribution in [3.63, 3.8) is 0 Å². The molecular formula is C13H19F2N5. The van der Waals surface area contributed by atoms with Crippen LogP contribution in [-0.4, -0.2) is 26.0 Å². The Kier molecular flexibility index (Phi) is 4.36. The summed E-state index contributed by atoms with van der Waals surface area (Å²) in [7, 11) is 0. The number of hydrogen-bond donors (Lipinski definition) is 1. The van der Waals surface area contributed by atoms with Gasteiger partial charge in [-0.2, -0.15) is 10.2 Å². The number of aromatic nitrogens is 4. The zero-order chi connectivity index (χ0) is 14.7. The molecule has 20 heavy (non-hydrogen) atoms. The molecular weight excluding hydrogens is 264 g/mol. The van der Waals surface area contributed by atoms with E-state index in [0.717, 1.165) is 16.9 Å². The summed E-state index contributed by atoms with van der Waals surface area (Å²) in [5.74, 6) is 0. The summed E-state index contributed by atoms with van der Waals surface area (Å²) in [5, 5.41) is 11.4. The maximum Gasteiger partial charge on any atom is 0.257 e. The standard InChI is InChI=1S/C13H19F2N5/c1-9(2)19-7-12(6-18-19)16-4-11-5-17-20(10(11)3)8-13(14)15/h5-7,9,13,16H,4,8H2,1-3H3. The fourth-order valence-electron chi connectivity index (χ4n) is 1.88.